The SMILES string of the molecule is C=CCN(CC(=O)N(Cc1ccccc1)Cc1cccn1C)C(=O)Nc1ccc(C(C)C)cc1. The Hall–Kier alpha value is -3.80. The quantitative estimate of drug-likeness (QED) is 0.414. The van der Waals surface area contributed by atoms with Gasteiger partial charge < -0.3 is 19.7 Å². The van der Waals surface area contributed by atoms with Gasteiger partial charge in [-0.05, 0) is 41.3 Å². The first kappa shape index (κ1) is 24.8. The summed E-state index contributed by atoms with van der Waals surface area (Å²) in [6.07, 6.45) is 3.59. The molecule has 178 valence electrons. The number of amides is 3. The van der Waals surface area contributed by atoms with Crippen LogP contribution < -0.4 is 5.32 Å². The molecule has 0 fully saturated rings. The number of carbonyl (C=O) groups is 2. The van der Waals surface area contributed by atoms with E-state index in [1.807, 2.05) is 84.5 Å². The molecule has 6 nitrogen and oxygen atoms in total. The summed E-state index contributed by atoms with van der Waals surface area (Å²) in [4.78, 5) is 29.7. The number of benzene rings is 2. The van der Waals surface area contributed by atoms with Crippen molar-refractivity contribution in [3.05, 3.63) is 102 Å². The second kappa shape index (κ2) is 11.9. The number of nitrogens with one attached hydrogen (secondary N) is 1. The van der Waals surface area contributed by atoms with Gasteiger partial charge in [-0.1, -0.05) is 62.4 Å². The Bertz CT molecular complexity index is 1090. The Balaban J connectivity index is 1.73. The van der Waals surface area contributed by atoms with Crippen molar-refractivity contribution in [3.8, 4) is 0 Å². The van der Waals surface area contributed by atoms with Crippen molar-refractivity contribution in [2.45, 2.75) is 32.9 Å². The third kappa shape index (κ3) is 6.85. The van der Waals surface area contributed by atoms with Crippen molar-refractivity contribution in [1.29, 1.82) is 0 Å². The predicted octanol–water partition coefficient (Wildman–Crippen LogP) is 5.40. The Morgan fingerprint density at radius 2 is 1.68 bits per heavy atom. The van der Waals surface area contributed by atoms with Gasteiger partial charge in [-0.15, -0.1) is 6.58 Å². The van der Waals surface area contributed by atoms with Crippen molar-refractivity contribution >= 4 is 17.6 Å². The lowest BCUT2D eigenvalue weighted by atomic mass is 10.0. The minimum Gasteiger partial charge on any atom is -0.353 e. The van der Waals surface area contributed by atoms with Crippen LogP contribution in [0.5, 0.6) is 0 Å². The number of rotatable bonds is 10. The third-order valence-corrected chi connectivity index (χ3v) is 5.76. The Labute approximate surface area is 202 Å². The lowest BCUT2D eigenvalue weighted by Gasteiger charge is -2.27. The molecule has 0 spiro atoms. The Morgan fingerprint density at radius 3 is 2.26 bits per heavy atom. The zero-order valence-electron chi connectivity index (χ0n) is 20.3. The fourth-order valence-electron chi connectivity index (χ4n) is 3.68. The molecule has 1 aromatic heterocycles. The number of aryl methyl sites for hydroxylation is 1. The van der Waals surface area contributed by atoms with Crippen molar-refractivity contribution in [1.82, 2.24) is 14.4 Å². The molecule has 0 atom stereocenters. The van der Waals surface area contributed by atoms with E-state index in [1.54, 1.807) is 11.0 Å². The van der Waals surface area contributed by atoms with E-state index in [4.69, 9.17) is 0 Å². The first-order valence-electron chi connectivity index (χ1n) is 11.6. The zero-order chi connectivity index (χ0) is 24.5. The molecular weight excluding hydrogens is 424 g/mol. The summed E-state index contributed by atoms with van der Waals surface area (Å²) >= 11 is 0. The van der Waals surface area contributed by atoms with Gasteiger partial charge in [0.1, 0.15) is 6.54 Å². The van der Waals surface area contributed by atoms with Gasteiger partial charge in [-0.2, -0.15) is 0 Å². The third-order valence-electron chi connectivity index (χ3n) is 5.76. The van der Waals surface area contributed by atoms with Crippen molar-refractivity contribution in [3.63, 3.8) is 0 Å². The van der Waals surface area contributed by atoms with E-state index in [-0.39, 0.29) is 25.0 Å². The summed E-state index contributed by atoms with van der Waals surface area (Å²) < 4.78 is 2.00. The van der Waals surface area contributed by atoms with Gasteiger partial charge in [0.15, 0.2) is 0 Å². The summed E-state index contributed by atoms with van der Waals surface area (Å²) in [5, 5.41) is 2.91. The average molecular weight is 459 g/mol. The first-order chi connectivity index (χ1) is 16.4. The smallest absolute Gasteiger partial charge is 0.322 e. The first-order valence-corrected chi connectivity index (χ1v) is 11.6. The van der Waals surface area contributed by atoms with Crippen LogP contribution in [0.3, 0.4) is 0 Å². The Kier molecular flexibility index (Phi) is 8.68. The molecule has 0 aliphatic rings. The van der Waals surface area contributed by atoms with E-state index in [0.717, 1.165) is 11.3 Å². The van der Waals surface area contributed by atoms with Gasteiger partial charge in [0, 0.05) is 37.7 Å². The highest BCUT2D eigenvalue weighted by molar-refractivity contribution is 5.92. The molecular formula is C28H34N4O2. The number of hydrogen-bond acceptors (Lipinski definition) is 2. The van der Waals surface area contributed by atoms with Crippen LogP contribution in [0.15, 0.2) is 85.6 Å². The van der Waals surface area contributed by atoms with Crippen LogP contribution in [0.1, 0.15) is 36.6 Å². The second-order valence-electron chi connectivity index (χ2n) is 8.72. The fourth-order valence-corrected chi connectivity index (χ4v) is 3.68. The minimum absolute atomic E-state index is 0.0425. The van der Waals surface area contributed by atoms with E-state index in [9.17, 15) is 9.59 Å². The van der Waals surface area contributed by atoms with Crippen LogP contribution >= 0.6 is 0 Å². The summed E-state index contributed by atoms with van der Waals surface area (Å²) in [5.74, 6) is 0.289. The molecule has 34 heavy (non-hydrogen) atoms. The normalized spacial score (nSPS) is 10.7. The minimum atomic E-state index is -0.330. The molecule has 0 saturated carbocycles. The highest BCUT2D eigenvalue weighted by Gasteiger charge is 2.22. The van der Waals surface area contributed by atoms with E-state index < -0.39 is 0 Å². The maximum absolute atomic E-state index is 13.4. The van der Waals surface area contributed by atoms with E-state index in [0.29, 0.717) is 24.7 Å². The number of anilines is 1. The summed E-state index contributed by atoms with van der Waals surface area (Å²) in [6, 6.07) is 21.3. The van der Waals surface area contributed by atoms with Gasteiger partial charge in [-0.3, -0.25) is 4.79 Å². The van der Waals surface area contributed by atoms with Gasteiger partial charge >= 0.3 is 6.03 Å². The molecule has 0 saturated heterocycles. The molecule has 1 heterocycles. The van der Waals surface area contributed by atoms with Gasteiger partial charge in [0.25, 0.3) is 0 Å². The van der Waals surface area contributed by atoms with Crippen molar-refractivity contribution < 1.29 is 9.59 Å². The Morgan fingerprint density at radius 1 is 0.971 bits per heavy atom. The molecule has 0 aliphatic heterocycles. The van der Waals surface area contributed by atoms with Crippen LogP contribution in [-0.4, -0.2) is 39.4 Å². The topological polar surface area (TPSA) is 57.6 Å². The molecule has 0 bridgehead atoms. The highest BCUT2D eigenvalue weighted by atomic mass is 16.2. The molecule has 0 aliphatic carbocycles. The van der Waals surface area contributed by atoms with Crippen molar-refractivity contribution in [2.24, 2.45) is 7.05 Å². The number of urea groups is 1. The molecule has 6 heteroatoms. The molecule has 3 aromatic rings. The van der Waals surface area contributed by atoms with Crippen LogP contribution in [0.2, 0.25) is 0 Å². The highest BCUT2D eigenvalue weighted by Crippen LogP contribution is 2.18. The molecule has 3 rings (SSSR count). The molecule has 0 radical (unpaired) electrons. The maximum Gasteiger partial charge on any atom is 0.322 e. The second-order valence-corrected chi connectivity index (χ2v) is 8.72. The van der Waals surface area contributed by atoms with E-state index in [2.05, 4.69) is 25.7 Å². The van der Waals surface area contributed by atoms with E-state index >= 15 is 0 Å². The van der Waals surface area contributed by atoms with Crippen molar-refractivity contribution in [2.75, 3.05) is 18.4 Å². The van der Waals surface area contributed by atoms with Crippen LogP contribution in [0.4, 0.5) is 10.5 Å². The molecule has 3 amide bonds. The number of hydrogen-bond donors (Lipinski definition) is 1. The molecule has 0 unspecified atom stereocenters. The molecule has 1 N–H and O–H groups in total. The number of nitrogens with zero attached hydrogens (tertiary/aromatic N) is 3. The van der Waals surface area contributed by atoms with Crippen LogP contribution in [0.25, 0.3) is 0 Å². The average Bonchev–Trinajstić information content (AvgIpc) is 3.23. The largest absolute Gasteiger partial charge is 0.353 e. The fraction of sp³-hybridized carbons (Fsp3) is 0.286. The lowest BCUT2D eigenvalue weighted by molar-refractivity contribution is -0.133. The number of aromatic nitrogens is 1. The maximum atomic E-state index is 13.4. The summed E-state index contributed by atoms with van der Waals surface area (Å²) in [6.45, 7) is 9.16. The standard InChI is InChI=1S/C28H34N4O2/c1-5-17-31(28(34)29-25-15-13-24(14-16-25)22(2)3)21-27(33)32(19-23-10-7-6-8-11-23)20-26-12-9-18-30(26)4/h5-16,18,22H,1,17,19-21H2,2-4H3,(H,29,34). The van der Waals surface area contributed by atoms with Gasteiger partial charge in [-0.25, -0.2) is 4.79 Å². The van der Waals surface area contributed by atoms with Crippen LogP contribution in [0, 0.1) is 0 Å². The summed E-state index contributed by atoms with van der Waals surface area (Å²) in [7, 11) is 1.96. The monoisotopic (exact) mass is 458 g/mol. The molecule has 2 aromatic carbocycles. The van der Waals surface area contributed by atoms with Gasteiger partial charge in [0.2, 0.25) is 5.91 Å². The predicted molar refractivity (Wildman–Crippen MR) is 137 cm³/mol. The van der Waals surface area contributed by atoms with E-state index in [1.165, 1.54) is 10.5 Å². The lowest BCUT2D eigenvalue weighted by Crippen LogP contribution is -2.44. The van der Waals surface area contributed by atoms with Crippen LogP contribution in [-0.2, 0) is 24.9 Å². The zero-order valence-corrected chi connectivity index (χ0v) is 20.3. The van der Waals surface area contributed by atoms with Gasteiger partial charge in [0.05, 0.1) is 6.54 Å². The number of carbonyl (C=O) groups excluding carboxylic acids is 2. The summed E-state index contributed by atoms with van der Waals surface area (Å²) in [5.41, 5.74) is 3.96.